The maximum Gasteiger partial charge on any atom is 0.338 e. The number of hydrogen-bond donors (Lipinski definition) is 1. The first-order valence-corrected chi connectivity index (χ1v) is 10.6. The monoisotopic (exact) mass is 467 g/mol. The lowest BCUT2D eigenvalue weighted by Gasteiger charge is -2.44. The summed E-state index contributed by atoms with van der Waals surface area (Å²) in [4.78, 5) is 62.6. The Morgan fingerprint density at radius 2 is 1.74 bits per heavy atom. The van der Waals surface area contributed by atoms with Crippen molar-refractivity contribution in [2.24, 2.45) is 0 Å². The Morgan fingerprint density at radius 1 is 1.09 bits per heavy atom. The number of esters is 2. The molecule has 0 atom stereocenters. The first-order valence-electron chi connectivity index (χ1n) is 10.6. The van der Waals surface area contributed by atoms with Crippen molar-refractivity contribution in [3.8, 4) is 0 Å². The zero-order valence-electron chi connectivity index (χ0n) is 18.2. The first-order chi connectivity index (χ1) is 16.3. The van der Waals surface area contributed by atoms with Crippen molar-refractivity contribution >= 4 is 40.8 Å². The number of para-hydroxylation sites is 2. The summed E-state index contributed by atoms with van der Waals surface area (Å²) in [5.41, 5.74) is -1.08. The van der Waals surface area contributed by atoms with E-state index >= 15 is 0 Å². The number of nitro groups is 1. The molecule has 4 rings (SSSR count). The van der Waals surface area contributed by atoms with E-state index in [0.717, 1.165) is 38.2 Å². The second kappa shape index (κ2) is 8.93. The van der Waals surface area contributed by atoms with Crippen LogP contribution in [0.3, 0.4) is 0 Å². The van der Waals surface area contributed by atoms with Gasteiger partial charge < -0.3 is 14.8 Å². The molecule has 2 aliphatic rings. The van der Waals surface area contributed by atoms with E-state index < -0.39 is 40.6 Å². The van der Waals surface area contributed by atoms with E-state index in [1.165, 1.54) is 4.90 Å². The average Bonchev–Trinajstić information content (AvgIpc) is 3.32. The molecule has 1 fully saturated rings. The number of nitrogens with zero attached hydrogens (tertiary/aromatic N) is 2. The highest BCUT2D eigenvalue weighted by molar-refractivity contribution is 6.15. The van der Waals surface area contributed by atoms with Crippen molar-refractivity contribution in [2.75, 3.05) is 23.9 Å². The minimum Gasteiger partial charge on any atom is -0.465 e. The Bertz CT molecular complexity index is 1200. The second-order valence-corrected chi connectivity index (χ2v) is 8.03. The number of nitrogens with one attached hydrogen (secondary N) is 1. The highest BCUT2D eigenvalue weighted by Gasteiger charge is 2.52. The molecule has 1 saturated carbocycles. The fourth-order valence-corrected chi connectivity index (χ4v) is 4.47. The summed E-state index contributed by atoms with van der Waals surface area (Å²) in [5.74, 6) is -2.79. The van der Waals surface area contributed by atoms with Crippen LogP contribution in [-0.2, 0) is 19.1 Å². The van der Waals surface area contributed by atoms with E-state index in [1.54, 1.807) is 24.3 Å². The smallest absolute Gasteiger partial charge is 0.338 e. The van der Waals surface area contributed by atoms with Gasteiger partial charge in [0.15, 0.2) is 6.61 Å². The molecule has 0 bridgehead atoms. The molecule has 1 N–H and O–H groups in total. The van der Waals surface area contributed by atoms with E-state index in [9.17, 15) is 29.3 Å². The molecule has 34 heavy (non-hydrogen) atoms. The number of carbonyl (C=O) groups is 4. The van der Waals surface area contributed by atoms with Crippen LogP contribution in [0.25, 0.3) is 0 Å². The number of nitro benzene ring substituents is 1. The van der Waals surface area contributed by atoms with Gasteiger partial charge in [0.25, 0.3) is 17.5 Å². The summed E-state index contributed by atoms with van der Waals surface area (Å²) in [6.45, 7) is -0.696. The van der Waals surface area contributed by atoms with Crippen molar-refractivity contribution in [3.63, 3.8) is 0 Å². The van der Waals surface area contributed by atoms with Crippen molar-refractivity contribution in [2.45, 2.75) is 31.2 Å². The number of amides is 2. The van der Waals surface area contributed by atoms with Gasteiger partial charge >= 0.3 is 11.9 Å². The molecule has 0 aromatic heterocycles. The Morgan fingerprint density at radius 3 is 2.38 bits per heavy atom. The normalized spacial score (nSPS) is 15.9. The third-order valence-corrected chi connectivity index (χ3v) is 6.04. The van der Waals surface area contributed by atoms with Crippen LogP contribution in [0.2, 0.25) is 0 Å². The van der Waals surface area contributed by atoms with Gasteiger partial charge in [-0.15, -0.1) is 0 Å². The van der Waals surface area contributed by atoms with Gasteiger partial charge in [0, 0.05) is 12.1 Å². The largest absolute Gasteiger partial charge is 0.465 e. The number of methoxy groups -OCH3 is 1. The highest BCUT2D eigenvalue weighted by atomic mass is 16.6. The summed E-state index contributed by atoms with van der Waals surface area (Å²) in [7, 11) is 1.10. The molecular weight excluding hydrogens is 446 g/mol. The molecule has 0 saturated heterocycles. The third kappa shape index (κ3) is 3.96. The summed E-state index contributed by atoms with van der Waals surface area (Å²) in [5, 5.41) is 14.1. The van der Waals surface area contributed by atoms with Gasteiger partial charge in [-0.05, 0) is 31.0 Å². The van der Waals surface area contributed by atoms with Gasteiger partial charge in [-0.3, -0.25) is 24.6 Å². The number of anilines is 2. The van der Waals surface area contributed by atoms with Crippen LogP contribution < -0.4 is 10.2 Å². The van der Waals surface area contributed by atoms with Gasteiger partial charge in [0.2, 0.25) is 0 Å². The Hall–Kier alpha value is -4.28. The van der Waals surface area contributed by atoms with Crippen molar-refractivity contribution in [3.05, 3.63) is 63.7 Å². The van der Waals surface area contributed by atoms with E-state index in [0.29, 0.717) is 24.2 Å². The third-order valence-electron chi connectivity index (χ3n) is 6.04. The maximum atomic E-state index is 13.3. The van der Waals surface area contributed by atoms with E-state index in [-0.39, 0.29) is 17.0 Å². The minimum absolute atomic E-state index is 0.207. The van der Waals surface area contributed by atoms with Gasteiger partial charge in [-0.25, -0.2) is 9.59 Å². The van der Waals surface area contributed by atoms with Crippen LogP contribution in [0.5, 0.6) is 0 Å². The van der Waals surface area contributed by atoms with E-state index in [4.69, 9.17) is 4.74 Å². The van der Waals surface area contributed by atoms with Crippen LogP contribution in [0.4, 0.5) is 17.1 Å². The molecule has 0 radical (unpaired) electrons. The Labute approximate surface area is 193 Å². The van der Waals surface area contributed by atoms with Crippen LogP contribution in [0, 0.1) is 10.1 Å². The van der Waals surface area contributed by atoms with Crippen LogP contribution in [-0.4, -0.2) is 47.9 Å². The second-order valence-electron chi connectivity index (χ2n) is 8.03. The Kier molecular flexibility index (Phi) is 6.01. The first kappa shape index (κ1) is 22.9. The molecule has 176 valence electrons. The lowest BCUT2D eigenvalue weighted by Crippen LogP contribution is -2.61. The molecule has 2 aromatic rings. The van der Waals surface area contributed by atoms with Gasteiger partial charge in [0.1, 0.15) is 5.54 Å². The fraction of sp³-hybridized carbons (Fsp3) is 0.304. The van der Waals surface area contributed by atoms with E-state index in [2.05, 4.69) is 10.1 Å². The van der Waals surface area contributed by atoms with Crippen LogP contribution in [0.15, 0.2) is 42.5 Å². The van der Waals surface area contributed by atoms with Gasteiger partial charge in [0.05, 0.1) is 34.5 Å². The standard InChI is InChI=1S/C23H21N3O8/c1-33-20(28)14-10-15(12-16(11-14)26(31)32)21(29)34-13-19(27)25-18-7-3-2-6-17(18)24-22(30)23(25)8-4-5-9-23/h2-3,6-7,10-12H,4-5,8-9,13H2,1H3,(H,24,30). The number of carbonyl (C=O) groups excluding carboxylic acids is 4. The fourth-order valence-electron chi connectivity index (χ4n) is 4.47. The number of non-ortho nitro benzene ring substituents is 1. The molecule has 0 unspecified atom stereocenters. The lowest BCUT2D eigenvalue weighted by molar-refractivity contribution is -0.384. The molecule has 1 aliphatic carbocycles. The molecule has 1 spiro atoms. The summed E-state index contributed by atoms with van der Waals surface area (Å²) in [6.07, 6.45) is 2.48. The molecule has 1 heterocycles. The molecular formula is C23H21N3O8. The molecule has 11 nitrogen and oxygen atoms in total. The zero-order chi connectivity index (χ0) is 24.5. The van der Waals surface area contributed by atoms with Crippen LogP contribution in [0.1, 0.15) is 46.4 Å². The van der Waals surface area contributed by atoms with Gasteiger partial charge in [-0.2, -0.15) is 0 Å². The highest BCUT2D eigenvalue weighted by Crippen LogP contribution is 2.45. The SMILES string of the molecule is COC(=O)c1cc(C(=O)OCC(=O)N2c3ccccc3NC(=O)C23CCCC3)cc([N+](=O)[O-])c1. The van der Waals surface area contributed by atoms with Gasteiger partial charge in [-0.1, -0.05) is 25.0 Å². The summed E-state index contributed by atoms with van der Waals surface area (Å²) < 4.78 is 9.73. The summed E-state index contributed by atoms with van der Waals surface area (Å²) >= 11 is 0. The van der Waals surface area contributed by atoms with Crippen molar-refractivity contribution < 1.29 is 33.6 Å². The predicted molar refractivity (Wildman–Crippen MR) is 118 cm³/mol. The Balaban J connectivity index is 1.59. The average molecular weight is 467 g/mol. The topological polar surface area (TPSA) is 145 Å². The maximum absolute atomic E-state index is 13.3. The van der Waals surface area contributed by atoms with Crippen molar-refractivity contribution in [1.29, 1.82) is 0 Å². The lowest BCUT2D eigenvalue weighted by atomic mass is 9.90. The van der Waals surface area contributed by atoms with Crippen LogP contribution >= 0.6 is 0 Å². The summed E-state index contributed by atoms with van der Waals surface area (Å²) in [6, 6.07) is 9.87. The van der Waals surface area contributed by atoms with Crippen molar-refractivity contribution in [1.82, 2.24) is 0 Å². The molecule has 2 amide bonds. The molecule has 1 aliphatic heterocycles. The minimum atomic E-state index is -1.07. The number of ether oxygens (including phenoxy) is 2. The number of benzene rings is 2. The molecule has 2 aromatic carbocycles. The number of hydrogen-bond acceptors (Lipinski definition) is 8. The molecule has 11 heteroatoms. The quantitative estimate of drug-likeness (QED) is 0.401. The number of fused-ring (bicyclic) bond motifs is 1. The zero-order valence-corrected chi connectivity index (χ0v) is 18.2. The predicted octanol–water partition coefficient (Wildman–Crippen LogP) is 2.84. The van der Waals surface area contributed by atoms with E-state index in [1.807, 2.05) is 0 Å². The number of rotatable bonds is 5.